The number of aryl methyl sites for hydroxylation is 1. The highest BCUT2D eigenvalue weighted by Gasteiger charge is 2.29. The Balaban J connectivity index is 1.61. The highest BCUT2D eigenvalue weighted by atomic mass is 19.3. The Morgan fingerprint density at radius 2 is 1.89 bits per heavy atom. The van der Waals surface area contributed by atoms with Crippen LogP contribution in [0.15, 0.2) is 35.2 Å². The number of amides is 1. The summed E-state index contributed by atoms with van der Waals surface area (Å²) in [6, 6.07) is 3.21. The fourth-order valence-corrected chi connectivity index (χ4v) is 3.42. The van der Waals surface area contributed by atoms with Gasteiger partial charge in [-0.25, -0.2) is 23.1 Å². The molecule has 3 aromatic heterocycles. The number of benzene rings is 1. The first-order chi connectivity index (χ1) is 17.4. The molecule has 0 unspecified atom stereocenters. The number of rotatable bonds is 7. The van der Waals surface area contributed by atoms with Gasteiger partial charge < -0.3 is 15.2 Å². The second-order valence-corrected chi connectivity index (χ2v) is 9.23. The van der Waals surface area contributed by atoms with E-state index in [0.717, 1.165) is 6.33 Å². The summed E-state index contributed by atoms with van der Waals surface area (Å²) in [5.41, 5.74) is -1.72. The predicted octanol–water partition coefficient (Wildman–Crippen LogP) is 4.26. The Morgan fingerprint density at radius 1 is 1.14 bits per heavy atom. The molecule has 0 bridgehead atoms. The summed E-state index contributed by atoms with van der Waals surface area (Å²) in [4.78, 5) is 28.7. The third kappa shape index (κ3) is 5.57. The number of hydrogen-bond donors (Lipinski definition) is 2. The molecule has 0 aliphatic heterocycles. The molecule has 3 heterocycles. The molecule has 11 nitrogen and oxygen atoms in total. The van der Waals surface area contributed by atoms with Gasteiger partial charge in [0.15, 0.2) is 17.5 Å². The molecule has 14 heteroatoms. The molecule has 1 amide bonds. The van der Waals surface area contributed by atoms with Crippen LogP contribution < -0.4 is 10.6 Å². The van der Waals surface area contributed by atoms with Crippen molar-refractivity contribution in [3.05, 3.63) is 59.4 Å². The number of carbonyl (C=O) groups excluding carboxylic acids is 1. The lowest BCUT2D eigenvalue weighted by molar-refractivity contribution is 0.0892. The summed E-state index contributed by atoms with van der Waals surface area (Å²) in [6.45, 7) is 6.96. The molecular formula is C23H24F3N9O2. The van der Waals surface area contributed by atoms with Crippen LogP contribution in [-0.4, -0.2) is 40.8 Å². The van der Waals surface area contributed by atoms with E-state index in [1.807, 2.05) is 20.8 Å². The smallest absolute Gasteiger partial charge is 0.315 e. The molecule has 4 rings (SSSR count). The van der Waals surface area contributed by atoms with E-state index in [4.69, 9.17) is 4.52 Å². The Morgan fingerprint density at radius 3 is 2.51 bits per heavy atom. The number of alkyl halides is 2. The van der Waals surface area contributed by atoms with Gasteiger partial charge in [-0.05, 0) is 18.6 Å². The van der Waals surface area contributed by atoms with Crippen molar-refractivity contribution in [2.45, 2.75) is 45.6 Å². The molecule has 0 radical (unpaired) electrons. The highest BCUT2D eigenvalue weighted by Crippen LogP contribution is 2.35. The van der Waals surface area contributed by atoms with Gasteiger partial charge in [-0.1, -0.05) is 32.0 Å². The minimum Gasteiger partial charge on any atom is -0.341 e. The van der Waals surface area contributed by atoms with Gasteiger partial charge in [0.05, 0.1) is 17.2 Å². The minimum absolute atomic E-state index is 0.0561. The summed E-state index contributed by atoms with van der Waals surface area (Å²) in [7, 11) is 1.72. The molecule has 37 heavy (non-hydrogen) atoms. The molecule has 0 aliphatic carbocycles. The van der Waals surface area contributed by atoms with Crippen LogP contribution in [0, 0.1) is 5.82 Å². The quantitative estimate of drug-likeness (QED) is 0.370. The normalized spacial score (nSPS) is 12.6. The first-order valence-corrected chi connectivity index (χ1v) is 11.2. The van der Waals surface area contributed by atoms with E-state index in [2.05, 4.69) is 40.8 Å². The third-order valence-corrected chi connectivity index (χ3v) is 5.30. The maximum atomic E-state index is 15.4. The summed E-state index contributed by atoms with van der Waals surface area (Å²) in [5.74, 6) is -1.67. The lowest BCUT2D eigenvalue weighted by atomic mass is 9.96. The molecule has 2 N–H and O–H groups in total. The van der Waals surface area contributed by atoms with Crippen molar-refractivity contribution in [3.8, 4) is 11.4 Å². The molecule has 0 fully saturated rings. The van der Waals surface area contributed by atoms with Crippen LogP contribution in [0.5, 0.6) is 0 Å². The van der Waals surface area contributed by atoms with Gasteiger partial charge >= 0.3 is 11.8 Å². The number of anilines is 2. The van der Waals surface area contributed by atoms with E-state index in [-0.39, 0.29) is 28.8 Å². The first kappa shape index (κ1) is 25.7. The van der Waals surface area contributed by atoms with Crippen LogP contribution in [0.1, 0.15) is 67.8 Å². The van der Waals surface area contributed by atoms with Crippen molar-refractivity contribution in [1.82, 2.24) is 40.2 Å². The van der Waals surface area contributed by atoms with Gasteiger partial charge in [0, 0.05) is 24.7 Å². The lowest BCUT2D eigenvalue weighted by Gasteiger charge is -2.19. The molecular weight excluding hydrogens is 491 g/mol. The Bertz CT molecular complexity index is 1430. The second kappa shape index (κ2) is 9.95. The summed E-state index contributed by atoms with van der Waals surface area (Å²) in [5, 5.41) is 13.2. The fourth-order valence-electron chi connectivity index (χ4n) is 3.42. The topological polar surface area (TPSA) is 137 Å². The Labute approximate surface area is 209 Å². The fraction of sp³-hybridized carbons (Fsp3) is 0.348. The van der Waals surface area contributed by atoms with Gasteiger partial charge in [0.1, 0.15) is 12.1 Å². The number of nitrogens with zero attached hydrogens (tertiary/aromatic N) is 7. The zero-order valence-electron chi connectivity index (χ0n) is 20.6. The van der Waals surface area contributed by atoms with Crippen molar-refractivity contribution in [2.24, 2.45) is 7.05 Å². The van der Waals surface area contributed by atoms with E-state index < -0.39 is 35.2 Å². The summed E-state index contributed by atoms with van der Waals surface area (Å²) >= 11 is 0. The number of carbonyl (C=O) groups is 1. The average Bonchev–Trinajstić information content (AvgIpc) is 3.48. The van der Waals surface area contributed by atoms with E-state index in [9.17, 15) is 13.6 Å². The summed E-state index contributed by atoms with van der Waals surface area (Å²) in [6.07, 6.45) is -0.361. The van der Waals surface area contributed by atoms with Gasteiger partial charge in [0.2, 0.25) is 5.95 Å². The van der Waals surface area contributed by atoms with Crippen molar-refractivity contribution in [3.63, 3.8) is 0 Å². The van der Waals surface area contributed by atoms with Crippen molar-refractivity contribution in [1.29, 1.82) is 0 Å². The third-order valence-electron chi connectivity index (χ3n) is 5.30. The number of hydrogen-bond acceptors (Lipinski definition) is 9. The largest absolute Gasteiger partial charge is 0.341 e. The van der Waals surface area contributed by atoms with Crippen LogP contribution in [0.3, 0.4) is 0 Å². The second-order valence-electron chi connectivity index (χ2n) is 9.23. The molecule has 0 spiro atoms. The number of aromatic nitrogens is 7. The molecule has 0 saturated carbocycles. The van der Waals surface area contributed by atoms with E-state index in [1.165, 1.54) is 19.1 Å². The van der Waals surface area contributed by atoms with Crippen LogP contribution in [-0.2, 0) is 12.5 Å². The van der Waals surface area contributed by atoms with Crippen molar-refractivity contribution >= 4 is 17.7 Å². The van der Waals surface area contributed by atoms with Gasteiger partial charge in [-0.15, -0.1) is 0 Å². The zero-order valence-corrected chi connectivity index (χ0v) is 20.6. The molecule has 0 saturated heterocycles. The van der Waals surface area contributed by atoms with Crippen molar-refractivity contribution < 1.29 is 22.5 Å². The molecule has 4 aromatic rings. The molecule has 1 aromatic carbocycles. The van der Waals surface area contributed by atoms with Crippen LogP contribution in [0.4, 0.5) is 24.9 Å². The highest BCUT2D eigenvalue weighted by molar-refractivity contribution is 5.89. The monoisotopic (exact) mass is 515 g/mol. The number of nitrogens with one attached hydrogen (secondary N) is 2. The van der Waals surface area contributed by atoms with Crippen molar-refractivity contribution in [2.75, 3.05) is 5.32 Å². The van der Waals surface area contributed by atoms with Crippen LogP contribution in [0.25, 0.3) is 11.4 Å². The molecule has 1 atom stereocenters. The van der Waals surface area contributed by atoms with Gasteiger partial charge in [0.25, 0.3) is 6.43 Å². The lowest BCUT2D eigenvalue weighted by Crippen LogP contribution is -2.28. The van der Waals surface area contributed by atoms with Gasteiger partial charge in [-0.2, -0.15) is 15.1 Å². The molecule has 194 valence electrons. The predicted molar refractivity (Wildman–Crippen MR) is 126 cm³/mol. The Hall–Kier alpha value is -4.36. The zero-order chi connectivity index (χ0) is 26.9. The van der Waals surface area contributed by atoms with Crippen LogP contribution >= 0.6 is 0 Å². The van der Waals surface area contributed by atoms with E-state index in [1.54, 1.807) is 24.0 Å². The standard InChI is InChI=1S/C23H24F3N9O2/c1-11(29-19(36)20-32-21(34-37-20)23(2,3)4)12-6-7-13(16(24)15(12)17(25)26)18-27-10-28-22(31-18)30-14-8-9-35(5)33-14/h6-11,17H,1-5H3,(H,29,36)(H,27,28,30,31,33)/t11-/m0/s1. The maximum absolute atomic E-state index is 15.4. The van der Waals surface area contributed by atoms with Gasteiger partial charge in [-0.3, -0.25) is 9.48 Å². The SMILES string of the molecule is C[C@H](NC(=O)c1nc(C(C)(C)C)no1)c1ccc(-c2ncnc(Nc3ccn(C)n3)n2)c(F)c1C(F)F. The van der Waals surface area contributed by atoms with Crippen LogP contribution in [0.2, 0.25) is 0 Å². The summed E-state index contributed by atoms with van der Waals surface area (Å²) < 4.78 is 50.0. The number of halogens is 3. The minimum atomic E-state index is -3.18. The average molecular weight is 516 g/mol. The maximum Gasteiger partial charge on any atom is 0.315 e. The van der Waals surface area contributed by atoms with E-state index in [0.29, 0.717) is 11.6 Å². The Kier molecular flexibility index (Phi) is 6.92. The van der Waals surface area contributed by atoms with E-state index >= 15 is 4.39 Å². The molecule has 0 aliphatic rings. The first-order valence-electron chi connectivity index (χ1n) is 11.2.